The van der Waals surface area contributed by atoms with E-state index in [4.69, 9.17) is 11.6 Å². The molecule has 0 amide bonds. The number of aromatic nitrogens is 3. The van der Waals surface area contributed by atoms with Crippen molar-refractivity contribution in [1.29, 1.82) is 0 Å². The molecule has 0 aliphatic carbocycles. The number of hydrogen-bond donors (Lipinski definition) is 4. The second-order valence-corrected chi connectivity index (χ2v) is 9.92. The molecule has 0 unspecified atom stereocenters. The summed E-state index contributed by atoms with van der Waals surface area (Å²) in [5.41, 5.74) is 11.2. The van der Waals surface area contributed by atoms with Crippen LogP contribution in [0.25, 0.3) is 21.5 Å². The summed E-state index contributed by atoms with van der Waals surface area (Å²) in [4.78, 5) is 28.8. The number of anilines is 3. The van der Waals surface area contributed by atoms with Crippen LogP contribution in [0.15, 0.2) is 58.6 Å². The maximum Gasteiger partial charge on any atom is 0.260 e. The summed E-state index contributed by atoms with van der Waals surface area (Å²) in [6.45, 7) is 6.56. The Hall–Kier alpha value is -4.00. The quantitative estimate of drug-likeness (QED) is 0.125. The van der Waals surface area contributed by atoms with Gasteiger partial charge in [-0.2, -0.15) is 4.98 Å². The first-order valence-electron chi connectivity index (χ1n) is 12.1. The summed E-state index contributed by atoms with van der Waals surface area (Å²) < 4.78 is 1.66. The number of nitrogens with zero attached hydrogens (tertiary/aromatic N) is 6. The summed E-state index contributed by atoms with van der Waals surface area (Å²) in [5, 5.41) is 7.84. The van der Waals surface area contributed by atoms with E-state index in [2.05, 4.69) is 54.9 Å². The fourth-order valence-corrected chi connectivity index (χ4v) is 5.30. The molecule has 0 radical (unpaired) electrons. The number of hydrogen-bond acceptors (Lipinski definition) is 10. The summed E-state index contributed by atoms with van der Waals surface area (Å²) in [7, 11) is 2.15. The lowest BCUT2D eigenvalue weighted by molar-refractivity contribution is 0.313. The fraction of sp³-hybridized carbons (Fsp3) is 0.280. The maximum atomic E-state index is 13.4. The molecule has 4 heterocycles. The number of aryl methyl sites for hydroxylation is 1. The average molecular weight is 519 g/mol. The number of nitrogens with two attached hydrogens (primary N) is 2. The number of amidine groups is 1. The van der Waals surface area contributed by atoms with Crippen LogP contribution in [-0.2, 0) is 6.54 Å². The molecule has 4 aromatic rings. The molecule has 1 fully saturated rings. The van der Waals surface area contributed by atoms with Gasteiger partial charge in [-0.3, -0.25) is 9.36 Å². The first-order chi connectivity index (χ1) is 18.0. The van der Waals surface area contributed by atoms with Crippen LogP contribution in [-0.4, -0.2) is 58.5 Å². The van der Waals surface area contributed by atoms with Gasteiger partial charge in [-0.05, 0) is 56.4 Å². The molecule has 6 N–H and O–H groups in total. The lowest BCUT2D eigenvalue weighted by Crippen LogP contribution is -2.44. The van der Waals surface area contributed by atoms with Gasteiger partial charge in [-0.15, -0.1) is 16.4 Å². The Balaban J connectivity index is 1.41. The van der Waals surface area contributed by atoms with Gasteiger partial charge in [0.1, 0.15) is 5.65 Å². The summed E-state index contributed by atoms with van der Waals surface area (Å²) in [6.07, 6.45) is 1.74. The van der Waals surface area contributed by atoms with Gasteiger partial charge >= 0.3 is 0 Å². The van der Waals surface area contributed by atoms with Crippen molar-refractivity contribution >= 4 is 45.5 Å². The third-order valence-electron chi connectivity index (χ3n) is 6.44. The predicted molar refractivity (Wildman–Crippen MR) is 150 cm³/mol. The first-order valence-corrected chi connectivity index (χ1v) is 12.9. The van der Waals surface area contributed by atoms with Crippen LogP contribution in [0, 0.1) is 0 Å². The lowest BCUT2D eigenvalue weighted by atomic mass is 10.2. The number of rotatable bonds is 7. The number of likely N-dealkylation sites (N-methyl/N-ethyl adjacent to an activating group) is 1. The number of thiophene rings is 1. The van der Waals surface area contributed by atoms with Crippen LogP contribution >= 0.6 is 11.3 Å². The smallest absolute Gasteiger partial charge is 0.260 e. The number of pyridine rings is 1. The Morgan fingerprint density at radius 3 is 2.59 bits per heavy atom. The van der Waals surface area contributed by atoms with Crippen LogP contribution in [0.1, 0.15) is 11.8 Å². The molecule has 5 rings (SSSR count). The molecule has 0 bridgehead atoms. The van der Waals surface area contributed by atoms with Crippen LogP contribution in [0.2, 0.25) is 0 Å². The number of fused-ring (bicyclic) bond motifs is 1. The second kappa shape index (κ2) is 10.5. The van der Waals surface area contributed by atoms with Crippen molar-refractivity contribution < 1.29 is 0 Å². The molecular weight excluding hydrogens is 488 g/mol. The molecule has 1 aliphatic heterocycles. The summed E-state index contributed by atoms with van der Waals surface area (Å²) in [5.74, 6) is 5.91. The molecule has 1 saturated heterocycles. The van der Waals surface area contributed by atoms with E-state index in [-0.39, 0.29) is 11.4 Å². The Bertz CT molecular complexity index is 1490. The molecule has 1 aliphatic rings. The van der Waals surface area contributed by atoms with E-state index in [1.54, 1.807) is 10.8 Å². The topological polar surface area (TPSA) is 143 Å². The number of benzene rings is 1. The SMILES string of the molecule is CCn1c(=O)c(-c2ccc(/C(N)=N/NN)s2)cc2cnc(Nc3ccc(N4CCN(C)CC4)cc3)nc21. The van der Waals surface area contributed by atoms with Crippen LogP contribution in [0.5, 0.6) is 0 Å². The van der Waals surface area contributed by atoms with Gasteiger partial charge < -0.3 is 20.9 Å². The van der Waals surface area contributed by atoms with Crippen LogP contribution in [0.4, 0.5) is 17.3 Å². The van der Waals surface area contributed by atoms with Gasteiger partial charge in [-0.25, -0.2) is 16.4 Å². The van der Waals surface area contributed by atoms with Crippen LogP contribution < -0.4 is 32.9 Å². The Morgan fingerprint density at radius 1 is 1.14 bits per heavy atom. The number of piperazine rings is 1. The van der Waals surface area contributed by atoms with Crippen molar-refractivity contribution in [2.45, 2.75) is 13.5 Å². The predicted octanol–water partition coefficient (Wildman–Crippen LogP) is 2.12. The zero-order valence-electron chi connectivity index (χ0n) is 20.8. The van der Waals surface area contributed by atoms with E-state index < -0.39 is 0 Å². The fourth-order valence-electron chi connectivity index (χ4n) is 4.38. The molecule has 0 atom stereocenters. The van der Waals surface area contributed by atoms with E-state index in [0.29, 0.717) is 28.6 Å². The standard InChI is InChI=1S/C25H30N10OS/c1-3-35-23-16(14-19(24(35)36)20-8-9-21(37-20)22(26)31-32-27)15-28-25(30-23)29-17-4-6-18(7-5-17)34-12-10-33(2)11-13-34/h4-9,14-15,32H,3,10-13,27H2,1-2H3,(H2,26,31)(H,28,29,30). The van der Waals surface area contributed by atoms with Crippen molar-refractivity contribution in [1.82, 2.24) is 25.0 Å². The normalized spacial score (nSPS) is 14.8. The average Bonchev–Trinajstić information content (AvgIpc) is 3.40. The molecule has 11 nitrogen and oxygen atoms in total. The number of hydrazine groups is 1. The third kappa shape index (κ3) is 5.12. The highest BCUT2D eigenvalue weighted by atomic mass is 32.1. The molecule has 0 spiro atoms. The van der Waals surface area contributed by atoms with Crippen molar-refractivity contribution in [3.63, 3.8) is 0 Å². The number of hydrazone groups is 1. The van der Waals surface area contributed by atoms with Gasteiger partial charge in [0, 0.05) is 60.6 Å². The first kappa shape index (κ1) is 24.7. The highest BCUT2D eigenvalue weighted by Crippen LogP contribution is 2.28. The third-order valence-corrected chi connectivity index (χ3v) is 7.59. The van der Waals surface area contributed by atoms with E-state index in [1.807, 2.05) is 37.3 Å². The molecule has 3 aromatic heterocycles. The van der Waals surface area contributed by atoms with Gasteiger partial charge in [0.15, 0.2) is 5.84 Å². The minimum atomic E-state index is -0.128. The van der Waals surface area contributed by atoms with Gasteiger partial charge in [0.05, 0.1) is 10.4 Å². The minimum absolute atomic E-state index is 0.128. The van der Waals surface area contributed by atoms with E-state index in [9.17, 15) is 4.79 Å². The van der Waals surface area contributed by atoms with Crippen LogP contribution in [0.3, 0.4) is 0 Å². The number of nitrogens with one attached hydrogen (secondary N) is 2. The zero-order chi connectivity index (χ0) is 25.9. The van der Waals surface area contributed by atoms with Crippen molar-refractivity contribution in [3.05, 3.63) is 63.9 Å². The van der Waals surface area contributed by atoms with Crippen molar-refractivity contribution in [2.24, 2.45) is 16.7 Å². The molecule has 1 aromatic carbocycles. The Morgan fingerprint density at radius 2 is 1.89 bits per heavy atom. The lowest BCUT2D eigenvalue weighted by Gasteiger charge is -2.34. The van der Waals surface area contributed by atoms with E-state index >= 15 is 0 Å². The molecular formula is C25H30N10OS. The second-order valence-electron chi connectivity index (χ2n) is 8.83. The van der Waals surface area contributed by atoms with E-state index in [0.717, 1.165) is 42.1 Å². The Kier molecular flexibility index (Phi) is 7.04. The Labute approximate surface area is 218 Å². The van der Waals surface area contributed by atoms with Crippen molar-refractivity contribution in [2.75, 3.05) is 43.4 Å². The monoisotopic (exact) mass is 518 g/mol. The highest BCUT2D eigenvalue weighted by Gasteiger charge is 2.16. The van der Waals surface area contributed by atoms with Crippen molar-refractivity contribution in [3.8, 4) is 10.4 Å². The minimum Gasteiger partial charge on any atom is -0.381 e. The largest absolute Gasteiger partial charge is 0.381 e. The maximum absolute atomic E-state index is 13.4. The molecule has 192 valence electrons. The van der Waals surface area contributed by atoms with Gasteiger partial charge in [0.25, 0.3) is 5.56 Å². The summed E-state index contributed by atoms with van der Waals surface area (Å²) in [6, 6.07) is 13.8. The molecule has 37 heavy (non-hydrogen) atoms. The van der Waals surface area contributed by atoms with E-state index in [1.165, 1.54) is 17.0 Å². The zero-order valence-corrected chi connectivity index (χ0v) is 21.6. The van der Waals surface area contributed by atoms with Gasteiger partial charge in [0.2, 0.25) is 5.95 Å². The summed E-state index contributed by atoms with van der Waals surface area (Å²) >= 11 is 1.37. The molecule has 12 heteroatoms. The highest BCUT2D eigenvalue weighted by molar-refractivity contribution is 7.17. The molecule has 0 saturated carbocycles. The van der Waals surface area contributed by atoms with Gasteiger partial charge in [-0.1, -0.05) is 0 Å².